The molecule has 0 unspecified atom stereocenters. The fourth-order valence-corrected chi connectivity index (χ4v) is 2.94. The van der Waals surface area contributed by atoms with Gasteiger partial charge in [-0.25, -0.2) is 18.0 Å². The average molecular weight is 337 g/mol. The number of nitrogens with one attached hydrogen (secondary N) is 1. The zero-order valence-electron chi connectivity index (χ0n) is 12.3. The van der Waals surface area contributed by atoms with E-state index in [1.54, 1.807) is 6.92 Å². The molecule has 0 saturated carbocycles. The maximum absolute atomic E-state index is 12.0. The van der Waals surface area contributed by atoms with E-state index >= 15 is 0 Å². The van der Waals surface area contributed by atoms with Crippen molar-refractivity contribution in [1.29, 1.82) is 0 Å². The van der Waals surface area contributed by atoms with E-state index in [-0.39, 0.29) is 23.1 Å². The lowest BCUT2D eigenvalue weighted by Gasteiger charge is -2.09. The number of cyclic esters (lactones) is 1. The van der Waals surface area contributed by atoms with Crippen molar-refractivity contribution in [2.45, 2.75) is 30.4 Å². The molecule has 7 nitrogen and oxygen atoms in total. The second-order valence-electron chi connectivity index (χ2n) is 4.93. The first-order valence-electron chi connectivity index (χ1n) is 6.78. The average Bonchev–Trinajstić information content (AvgIpc) is 2.83. The van der Waals surface area contributed by atoms with Gasteiger partial charge in [0.2, 0.25) is 16.1 Å². The van der Waals surface area contributed by atoms with Gasteiger partial charge in [-0.1, -0.05) is 5.92 Å². The lowest BCUT2D eigenvalue weighted by atomic mass is 10.2. The van der Waals surface area contributed by atoms with Crippen molar-refractivity contribution in [2.75, 3.05) is 6.54 Å². The Balaban J connectivity index is 2.06. The van der Waals surface area contributed by atoms with E-state index < -0.39 is 28.1 Å². The van der Waals surface area contributed by atoms with Gasteiger partial charge in [0.05, 0.1) is 17.0 Å². The van der Waals surface area contributed by atoms with E-state index in [9.17, 15) is 18.0 Å². The van der Waals surface area contributed by atoms with E-state index in [4.69, 9.17) is 15.9 Å². The third-order valence-corrected chi connectivity index (χ3v) is 4.56. The van der Waals surface area contributed by atoms with Crippen LogP contribution in [0.15, 0.2) is 29.2 Å². The van der Waals surface area contributed by atoms with E-state index in [1.165, 1.54) is 24.3 Å². The van der Waals surface area contributed by atoms with Crippen molar-refractivity contribution in [2.24, 2.45) is 0 Å². The van der Waals surface area contributed by atoms with Gasteiger partial charge >= 0.3 is 11.9 Å². The van der Waals surface area contributed by atoms with Gasteiger partial charge in [0.1, 0.15) is 6.10 Å². The number of esters is 2. The molecule has 1 aliphatic heterocycles. The van der Waals surface area contributed by atoms with Crippen LogP contribution in [0.4, 0.5) is 0 Å². The van der Waals surface area contributed by atoms with Gasteiger partial charge < -0.3 is 9.47 Å². The molecule has 0 bridgehead atoms. The van der Waals surface area contributed by atoms with Crippen LogP contribution in [-0.2, 0) is 24.3 Å². The molecule has 0 amide bonds. The predicted octanol–water partition coefficient (Wildman–Crippen LogP) is 0.459. The Hall–Kier alpha value is -2.37. The van der Waals surface area contributed by atoms with Crippen LogP contribution in [0, 0.1) is 12.3 Å². The van der Waals surface area contributed by atoms with Crippen molar-refractivity contribution < 1.29 is 27.5 Å². The summed E-state index contributed by atoms with van der Waals surface area (Å²) in [6.45, 7) is 1.57. The Kier molecular flexibility index (Phi) is 5.03. The normalized spacial score (nSPS) is 20.6. The minimum Gasteiger partial charge on any atom is -0.460 e. The molecule has 1 aromatic carbocycles. The molecule has 1 aliphatic rings. The highest BCUT2D eigenvalue weighted by Gasteiger charge is 2.35. The molecular formula is C15H15NO6S. The molecule has 0 radical (unpaired) electrons. The van der Waals surface area contributed by atoms with Crippen LogP contribution in [0.2, 0.25) is 0 Å². The topological polar surface area (TPSA) is 98.8 Å². The highest BCUT2D eigenvalue weighted by Crippen LogP contribution is 2.19. The molecule has 23 heavy (non-hydrogen) atoms. The smallest absolute Gasteiger partial charge is 0.347 e. The van der Waals surface area contributed by atoms with Gasteiger partial charge in [0.25, 0.3) is 0 Å². The summed E-state index contributed by atoms with van der Waals surface area (Å²) in [4.78, 5) is 23.4. The van der Waals surface area contributed by atoms with E-state index in [0.717, 1.165) is 0 Å². The molecule has 122 valence electrons. The van der Waals surface area contributed by atoms with Gasteiger partial charge in [-0.3, -0.25) is 0 Å². The highest BCUT2D eigenvalue weighted by molar-refractivity contribution is 7.89. The van der Waals surface area contributed by atoms with Gasteiger partial charge in [0, 0.05) is 6.42 Å². The van der Waals surface area contributed by atoms with Crippen LogP contribution in [0.5, 0.6) is 0 Å². The molecule has 1 N–H and O–H groups in total. The summed E-state index contributed by atoms with van der Waals surface area (Å²) in [5.74, 6) is 0.862. The van der Waals surface area contributed by atoms with Crippen molar-refractivity contribution >= 4 is 22.0 Å². The number of carbonyl (C=O) groups excluding carboxylic acids is 2. The third-order valence-electron chi connectivity index (χ3n) is 3.14. The van der Waals surface area contributed by atoms with Crippen LogP contribution < -0.4 is 4.72 Å². The van der Waals surface area contributed by atoms with Crippen molar-refractivity contribution in [3.8, 4) is 12.3 Å². The SMILES string of the molecule is C#CCNS(=O)(=O)c1ccc(C(=O)O[C@@H]2C[C@H](C)OC2=O)cc1. The summed E-state index contributed by atoms with van der Waals surface area (Å²) in [5, 5.41) is 0. The van der Waals surface area contributed by atoms with Crippen LogP contribution >= 0.6 is 0 Å². The highest BCUT2D eigenvalue weighted by atomic mass is 32.2. The molecule has 1 saturated heterocycles. The lowest BCUT2D eigenvalue weighted by Crippen LogP contribution is -2.24. The van der Waals surface area contributed by atoms with Crippen LogP contribution in [0.1, 0.15) is 23.7 Å². The second-order valence-corrected chi connectivity index (χ2v) is 6.70. The molecule has 8 heteroatoms. The molecule has 0 spiro atoms. The molecule has 2 rings (SSSR count). The lowest BCUT2D eigenvalue weighted by molar-refractivity contribution is -0.147. The molecule has 0 aliphatic carbocycles. The molecule has 1 fully saturated rings. The monoisotopic (exact) mass is 337 g/mol. The number of sulfonamides is 1. The van der Waals surface area contributed by atoms with Crippen molar-refractivity contribution in [1.82, 2.24) is 4.72 Å². The Labute approximate surface area is 134 Å². The van der Waals surface area contributed by atoms with E-state index in [2.05, 4.69) is 10.6 Å². The number of terminal acetylenes is 1. The minimum atomic E-state index is -3.72. The van der Waals surface area contributed by atoms with Crippen LogP contribution in [0.3, 0.4) is 0 Å². The van der Waals surface area contributed by atoms with Crippen LogP contribution in [0.25, 0.3) is 0 Å². The van der Waals surface area contributed by atoms with Crippen LogP contribution in [-0.4, -0.2) is 39.1 Å². The first-order chi connectivity index (χ1) is 10.8. The molecule has 0 aromatic heterocycles. The zero-order valence-corrected chi connectivity index (χ0v) is 13.1. The standard InChI is InChI=1S/C15H15NO6S/c1-3-8-16-23(19,20)12-6-4-11(5-7-12)14(17)22-13-9-10(2)21-15(13)18/h1,4-7,10,13,16H,8-9H2,2H3/t10-,13+/m0/s1. The van der Waals surface area contributed by atoms with Gasteiger partial charge in [-0.15, -0.1) is 6.42 Å². The first kappa shape index (κ1) is 17.0. The summed E-state index contributed by atoms with van der Waals surface area (Å²) in [6, 6.07) is 5.11. The summed E-state index contributed by atoms with van der Waals surface area (Å²) >= 11 is 0. The quantitative estimate of drug-likeness (QED) is 0.619. The minimum absolute atomic E-state index is 0.0294. The zero-order chi connectivity index (χ0) is 17.0. The fraction of sp³-hybridized carbons (Fsp3) is 0.333. The van der Waals surface area contributed by atoms with E-state index in [0.29, 0.717) is 6.42 Å². The van der Waals surface area contributed by atoms with Gasteiger partial charge in [-0.05, 0) is 31.2 Å². The molecule has 2 atom stereocenters. The number of hydrogen-bond donors (Lipinski definition) is 1. The number of rotatable bonds is 5. The number of carbonyl (C=O) groups is 2. The second kappa shape index (κ2) is 6.81. The Morgan fingerprint density at radius 1 is 1.43 bits per heavy atom. The summed E-state index contributed by atoms with van der Waals surface area (Å²) in [5.41, 5.74) is 0.133. The summed E-state index contributed by atoms with van der Waals surface area (Å²) in [7, 11) is -3.72. The Morgan fingerprint density at radius 3 is 2.61 bits per heavy atom. The Morgan fingerprint density at radius 2 is 2.09 bits per heavy atom. The maximum Gasteiger partial charge on any atom is 0.347 e. The maximum atomic E-state index is 12.0. The van der Waals surface area contributed by atoms with Crippen molar-refractivity contribution in [3.63, 3.8) is 0 Å². The predicted molar refractivity (Wildman–Crippen MR) is 79.8 cm³/mol. The summed E-state index contributed by atoms with van der Waals surface area (Å²) < 4.78 is 35.9. The fourth-order valence-electron chi connectivity index (χ4n) is 2.00. The van der Waals surface area contributed by atoms with Crippen molar-refractivity contribution in [3.05, 3.63) is 29.8 Å². The molecular weight excluding hydrogens is 322 g/mol. The molecule has 1 heterocycles. The van der Waals surface area contributed by atoms with Gasteiger partial charge in [0.15, 0.2) is 0 Å². The first-order valence-corrected chi connectivity index (χ1v) is 8.26. The van der Waals surface area contributed by atoms with Gasteiger partial charge in [-0.2, -0.15) is 4.72 Å². The number of hydrogen-bond acceptors (Lipinski definition) is 6. The third kappa shape index (κ3) is 4.09. The Bertz CT molecular complexity index is 747. The van der Waals surface area contributed by atoms with E-state index in [1.807, 2.05) is 0 Å². The number of ether oxygens (including phenoxy) is 2. The number of benzene rings is 1. The summed E-state index contributed by atoms with van der Waals surface area (Å²) in [6.07, 6.45) is 4.07. The largest absolute Gasteiger partial charge is 0.460 e. The molecule has 1 aromatic rings.